The zero-order valence-corrected chi connectivity index (χ0v) is 7.86. The van der Waals surface area contributed by atoms with Crippen LogP contribution in [0.25, 0.3) is 0 Å². The molecule has 0 rings (SSSR count). The Hall–Kier alpha value is 1.65. The quantitative estimate of drug-likeness (QED) is 0.258. The molecule has 0 radical (unpaired) electrons. The Morgan fingerprint density at radius 2 is 0.857 bits per heavy atom. The molecular weight excluding hydrogens is 147 g/mol. The average molecular weight is 152 g/mol. The zero-order chi connectivity index (χ0) is 4.50. The monoisotopic (exact) mass is 152 g/mol. The van der Waals surface area contributed by atoms with Gasteiger partial charge in [0.25, 0.3) is 0 Å². The van der Waals surface area contributed by atoms with E-state index in [9.17, 15) is 0 Å². The summed E-state index contributed by atoms with van der Waals surface area (Å²) >= 11 is 0. The second-order valence-electron chi connectivity index (χ2n) is 0.600. The third-order valence-corrected chi connectivity index (χ3v) is 0. The molecule has 0 amide bonds. The van der Waals surface area contributed by atoms with Crippen LogP contribution in [-0.2, 0) is 0 Å². The minimum atomic E-state index is -4.61. The van der Waals surface area contributed by atoms with Gasteiger partial charge in [0, 0.05) is 0 Å². The van der Waals surface area contributed by atoms with Crippen molar-refractivity contribution in [2.24, 2.45) is 0 Å². The third-order valence-electron chi connectivity index (χ3n) is 0. The van der Waals surface area contributed by atoms with Gasteiger partial charge in [-0.25, -0.2) is 0 Å². The number of hydrogen-bond donors (Lipinski definition) is 4. The maximum atomic E-state index is 7.33. The van der Waals surface area contributed by atoms with E-state index in [2.05, 4.69) is 0 Å². The van der Waals surface area contributed by atoms with Gasteiger partial charge in [0.05, 0.1) is 0 Å². The van der Waals surface area contributed by atoms with Gasteiger partial charge < -0.3 is 24.7 Å². The number of hydrogen-bond acceptors (Lipinski definition) is 5. The summed E-state index contributed by atoms with van der Waals surface area (Å²) in [7, 11) is -4.61. The first kappa shape index (κ1) is 15.9. The van der Waals surface area contributed by atoms with Crippen molar-refractivity contribution < 1.29 is 76.0 Å². The molecule has 0 aromatic heterocycles. The Morgan fingerprint density at radius 3 is 0.857 bits per heavy atom. The minimum Gasteiger partial charge on any atom is -0.870 e. The molecule has 0 aromatic carbocycles. The van der Waals surface area contributed by atoms with E-state index in [1.165, 1.54) is 0 Å². The van der Waals surface area contributed by atoms with Crippen LogP contribution in [0.1, 0.15) is 0 Å². The molecule has 0 aliphatic heterocycles. The van der Waals surface area contributed by atoms with Gasteiger partial charge in [-0.2, -0.15) is 0 Å². The minimum absolute atomic E-state index is 0. The van der Waals surface area contributed by atoms with Crippen molar-refractivity contribution in [2.75, 3.05) is 0 Å². The molecule has 0 fully saturated rings. The molecular formula is H5KO5Si. The Labute approximate surface area is 83.8 Å². The molecule has 0 aromatic rings. The van der Waals surface area contributed by atoms with E-state index in [4.69, 9.17) is 19.2 Å². The van der Waals surface area contributed by atoms with Gasteiger partial charge in [-0.05, 0) is 0 Å². The second kappa shape index (κ2) is 5.78. The van der Waals surface area contributed by atoms with Crippen molar-refractivity contribution >= 4 is 9.05 Å². The van der Waals surface area contributed by atoms with Gasteiger partial charge in [0.2, 0.25) is 0 Å². The summed E-state index contributed by atoms with van der Waals surface area (Å²) in [5.74, 6) is 0. The van der Waals surface area contributed by atoms with E-state index in [1.54, 1.807) is 0 Å². The Morgan fingerprint density at radius 1 is 0.857 bits per heavy atom. The van der Waals surface area contributed by atoms with Gasteiger partial charge in [-0.1, -0.05) is 0 Å². The van der Waals surface area contributed by atoms with Crippen molar-refractivity contribution in [2.45, 2.75) is 0 Å². The molecule has 5 N–H and O–H groups in total. The van der Waals surface area contributed by atoms with Crippen molar-refractivity contribution in [3.05, 3.63) is 0 Å². The maximum absolute atomic E-state index is 7.33. The summed E-state index contributed by atoms with van der Waals surface area (Å²) < 4.78 is 0. The molecule has 0 heterocycles. The van der Waals surface area contributed by atoms with Crippen LogP contribution in [0.5, 0.6) is 0 Å². The van der Waals surface area contributed by atoms with Crippen molar-refractivity contribution in [3.63, 3.8) is 0 Å². The predicted octanol–water partition coefficient (Wildman–Crippen LogP) is -5.78. The molecule has 0 bridgehead atoms. The van der Waals surface area contributed by atoms with Crippen LogP contribution in [0, 0.1) is 0 Å². The number of rotatable bonds is 0. The molecule has 0 aliphatic rings. The average Bonchev–Trinajstić information content (AvgIpc) is 0.722. The van der Waals surface area contributed by atoms with E-state index in [-0.39, 0.29) is 56.9 Å². The largest absolute Gasteiger partial charge is 1.00 e. The van der Waals surface area contributed by atoms with Crippen LogP contribution in [0.2, 0.25) is 0 Å². The van der Waals surface area contributed by atoms with Crippen LogP contribution in [0.15, 0.2) is 0 Å². The normalized spacial score (nSPS) is 8.57. The van der Waals surface area contributed by atoms with Crippen molar-refractivity contribution in [3.8, 4) is 0 Å². The molecule has 0 unspecified atom stereocenters. The first-order chi connectivity index (χ1) is 2.00. The van der Waals surface area contributed by atoms with Crippen LogP contribution in [0.3, 0.4) is 0 Å². The molecule has 7 heteroatoms. The second-order valence-corrected chi connectivity index (χ2v) is 1.80. The summed E-state index contributed by atoms with van der Waals surface area (Å²) in [6.45, 7) is 0. The van der Waals surface area contributed by atoms with E-state index in [0.29, 0.717) is 0 Å². The summed E-state index contributed by atoms with van der Waals surface area (Å²) in [5, 5.41) is 0. The van der Waals surface area contributed by atoms with Crippen LogP contribution in [-0.4, -0.2) is 33.7 Å². The van der Waals surface area contributed by atoms with Crippen molar-refractivity contribution in [1.82, 2.24) is 0 Å². The summed E-state index contributed by atoms with van der Waals surface area (Å²) in [4.78, 5) is 29.3. The van der Waals surface area contributed by atoms with Crippen LogP contribution >= 0.6 is 0 Å². The fourth-order valence-corrected chi connectivity index (χ4v) is 0. The van der Waals surface area contributed by atoms with Gasteiger partial charge in [0.1, 0.15) is 0 Å². The summed E-state index contributed by atoms with van der Waals surface area (Å²) in [6.07, 6.45) is 0. The summed E-state index contributed by atoms with van der Waals surface area (Å²) in [6, 6.07) is 0. The fraction of sp³-hybridized carbons (Fsp3) is 0. The third kappa shape index (κ3) is 89.5. The molecule has 0 atom stereocenters. The molecule has 0 saturated carbocycles. The molecule has 7 heavy (non-hydrogen) atoms. The van der Waals surface area contributed by atoms with Gasteiger partial charge in [-0.15, -0.1) is 0 Å². The summed E-state index contributed by atoms with van der Waals surface area (Å²) in [5.41, 5.74) is 0. The maximum Gasteiger partial charge on any atom is 1.00 e. The topological polar surface area (TPSA) is 111 Å². The predicted molar refractivity (Wildman–Crippen MR) is 16.6 cm³/mol. The Balaban J connectivity index is -0.0000000800. The molecule has 0 saturated heterocycles. The van der Waals surface area contributed by atoms with Crippen LogP contribution in [0.4, 0.5) is 0 Å². The van der Waals surface area contributed by atoms with E-state index in [1.807, 2.05) is 0 Å². The standard InChI is InChI=1S/K.H4O4Si.H2O/c;1-5(2,3)4;/h;1-4H;1H2/q+1;;/p-1. The SMILES string of the molecule is O[Si](O)(O)O.[K+].[OH-]. The smallest absolute Gasteiger partial charge is 0.870 e. The van der Waals surface area contributed by atoms with Crippen LogP contribution < -0.4 is 51.4 Å². The molecule has 0 aliphatic carbocycles. The van der Waals surface area contributed by atoms with E-state index >= 15 is 0 Å². The first-order valence-corrected chi connectivity index (χ1v) is 2.68. The van der Waals surface area contributed by atoms with E-state index < -0.39 is 9.05 Å². The van der Waals surface area contributed by atoms with Gasteiger partial charge in [0.15, 0.2) is 0 Å². The van der Waals surface area contributed by atoms with Gasteiger partial charge >= 0.3 is 60.4 Å². The Kier molecular flexibility index (Phi) is 13.1. The molecule has 40 valence electrons. The van der Waals surface area contributed by atoms with E-state index in [0.717, 1.165) is 0 Å². The van der Waals surface area contributed by atoms with Crippen molar-refractivity contribution in [1.29, 1.82) is 0 Å². The molecule has 5 nitrogen and oxygen atoms in total. The molecule has 0 spiro atoms. The fourth-order valence-electron chi connectivity index (χ4n) is 0. The first-order valence-electron chi connectivity index (χ1n) is 0.894. The Bertz CT molecular complexity index is 23.6. The zero-order valence-electron chi connectivity index (χ0n) is 3.74. The van der Waals surface area contributed by atoms with Gasteiger partial charge in [-0.3, -0.25) is 0 Å².